The highest BCUT2D eigenvalue weighted by molar-refractivity contribution is 5.78. The summed E-state index contributed by atoms with van der Waals surface area (Å²) in [5, 5.41) is 0. The molecule has 2 fully saturated rings. The van der Waals surface area contributed by atoms with Gasteiger partial charge in [-0.15, -0.1) is 0 Å². The molecule has 1 heterocycles. The number of nitrogens with zero attached hydrogens (tertiary/aromatic N) is 1. The Kier molecular flexibility index (Phi) is 3.01. The lowest BCUT2D eigenvalue weighted by Crippen LogP contribution is -2.44. The normalized spacial score (nSPS) is 29.7. The number of amides is 1. The Labute approximate surface area is 92.0 Å². The predicted molar refractivity (Wildman–Crippen MR) is 60.4 cm³/mol. The van der Waals surface area contributed by atoms with Crippen molar-refractivity contribution in [2.24, 2.45) is 5.73 Å². The molecule has 1 unspecified atom stereocenters. The van der Waals surface area contributed by atoms with Gasteiger partial charge in [0.25, 0.3) is 0 Å². The van der Waals surface area contributed by atoms with E-state index in [0.717, 1.165) is 32.2 Å². The third-order valence-electron chi connectivity index (χ3n) is 3.98. The first-order chi connectivity index (χ1) is 7.11. The van der Waals surface area contributed by atoms with E-state index in [2.05, 4.69) is 6.92 Å². The van der Waals surface area contributed by atoms with Crippen LogP contribution in [0, 0.1) is 0 Å². The van der Waals surface area contributed by atoms with Gasteiger partial charge in [-0.25, -0.2) is 0 Å². The number of hydrogen-bond acceptors (Lipinski definition) is 2. The third-order valence-corrected chi connectivity index (χ3v) is 3.98. The lowest BCUT2D eigenvalue weighted by molar-refractivity contribution is -0.132. The minimum Gasteiger partial charge on any atom is -0.340 e. The second-order valence-electron chi connectivity index (χ2n) is 5.32. The molecule has 1 atom stereocenters. The van der Waals surface area contributed by atoms with Crippen molar-refractivity contribution in [1.82, 2.24) is 4.90 Å². The largest absolute Gasteiger partial charge is 0.340 e. The standard InChI is InChI=1S/C12H22N2O/c1-10-5-4-8-14(10)11(15)9-12(13)6-2-3-7-12/h10H,2-9,13H2,1H3. The van der Waals surface area contributed by atoms with Gasteiger partial charge in [0.2, 0.25) is 5.91 Å². The molecule has 1 saturated heterocycles. The van der Waals surface area contributed by atoms with Crippen molar-refractivity contribution in [2.45, 2.75) is 63.5 Å². The molecule has 86 valence electrons. The van der Waals surface area contributed by atoms with Crippen LogP contribution in [0.25, 0.3) is 0 Å². The van der Waals surface area contributed by atoms with E-state index >= 15 is 0 Å². The Morgan fingerprint density at radius 1 is 1.40 bits per heavy atom. The van der Waals surface area contributed by atoms with Gasteiger partial charge in [-0.1, -0.05) is 12.8 Å². The first-order valence-corrected chi connectivity index (χ1v) is 6.19. The van der Waals surface area contributed by atoms with Crippen molar-refractivity contribution < 1.29 is 4.79 Å². The first kappa shape index (κ1) is 10.9. The molecule has 0 aromatic carbocycles. The Balaban J connectivity index is 1.91. The van der Waals surface area contributed by atoms with Crippen LogP contribution < -0.4 is 5.73 Å². The highest BCUT2D eigenvalue weighted by atomic mass is 16.2. The fourth-order valence-corrected chi connectivity index (χ4v) is 2.96. The zero-order valence-electron chi connectivity index (χ0n) is 9.67. The van der Waals surface area contributed by atoms with Gasteiger partial charge in [-0.2, -0.15) is 0 Å². The molecular formula is C12H22N2O. The van der Waals surface area contributed by atoms with E-state index in [-0.39, 0.29) is 11.4 Å². The molecule has 2 rings (SSSR count). The summed E-state index contributed by atoms with van der Waals surface area (Å²) < 4.78 is 0. The molecule has 0 radical (unpaired) electrons. The van der Waals surface area contributed by atoms with Crippen LogP contribution in [0.15, 0.2) is 0 Å². The van der Waals surface area contributed by atoms with Gasteiger partial charge in [-0.05, 0) is 32.6 Å². The predicted octanol–water partition coefficient (Wildman–Crippen LogP) is 1.66. The second-order valence-corrected chi connectivity index (χ2v) is 5.32. The lowest BCUT2D eigenvalue weighted by atomic mass is 9.94. The second kappa shape index (κ2) is 4.12. The summed E-state index contributed by atoms with van der Waals surface area (Å²) in [6.45, 7) is 3.08. The number of carbonyl (C=O) groups is 1. The maximum Gasteiger partial charge on any atom is 0.224 e. The van der Waals surface area contributed by atoms with Crippen molar-refractivity contribution in [2.75, 3.05) is 6.54 Å². The summed E-state index contributed by atoms with van der Waals surface area (Å²) in [6.07, 6.45) is 7.33. The smallest absolute Gasteiger partial charge is 0.224 e. The van der Waals surface area contributed by atoms with Crippen molar-refractivity contribution >= 4 is 5.91 Å². The van der Waals surface area contributed by atoms with Crippen molar-refractivity contribution in [1.29, 1.82) is 0 Å². The monoisotopic (exact) mass is 210 g/mol. The quantitative estimate of drug-likeness (QED) is 0.753. The van der Waals surface area contributed by atoms with Crippen LogP contribution in [-0.2, 0) is 4.79 Å². The minimum absolute atomic E-state index is 0.181. The topological polar surface area (TPSA) is 46.3 Å². The van der Waals surface area contributed by atoms with E-state index in [4.69, 9.17) is 5.73 Å². The minimum atomic E-state index is -0.181. The van der Waals surface area contributed by atoms with Gasteiger partial charge in [0.15, 0.2) is 0 Å². The number of carbonyl (C=O) groups excluding carboxylic acids is 1. The van der Waals surface area contributed by atoms with E-state index in [1.165, 1.54) is 12.8 Å². The van der Waals surface area contributed by atoms with Crippen LogP contribution in [0.3, 0.4) is 0 Å². The maximum absolute atomic E-state index is 12.1. The fourth-order valence-electron chi connectivity index (χ4n) is 2.96. The van der Waals surface area contributed by atoms with E-state index in [9.17, 15) is 4.79 Å². The number of nitrogens with two attached hydrogens (primary N) is 1. The van der Waals surface area contributed by atoms with E-state index in [0.29, 0.717) is 12.5 Å². The molecule has 0 aromatic rings. The summed E-state index contributed by atoms with van der Waals surface area (Å²) in [5.41, 5.74) is 6.04. The molecule has 1 saturated carbocycles. The Bertz CT molecular complexity index is 246. The summed E-state index contributed by atoms with van der Waals surface area (Å²) in [4.78, 5) is 14.1. The summed E-state index contributed by atoms with van der Waals surface area (Å²) in [7, 11) is 0. The average molecular weight is 210 g/mol. The lowest BCUT2D eigenvalue weighted by Gasteiger charge is -2.28. The zero-order chi connectivity index (χ0) is 10.9. The van der Waals surface area contributed by atoms with Gasteiger partial charge >= 0.3 is 0 Å². The van der Waals surface area contributed by atoms with Crippen LogP contribution in [0.4, 0.5) is 0 Å². The summed E-state index contributed by atoms with van der Waals surface area (Å²) in [5.74, 6) is 0.282. The molecule has 3 heteroatoms. The fraction of sp³-hybridized carbons (Fsp3) is 0.917. The molecule has 0 bridgehead atoms. The Hall–Kier alpha value is -0.570. The summed E-state index contributed by atoms with van der Waals surface area (Å²) >= 11 is 0. The molecule has 2 aliphatic rings. The molecule has 15 heavy (non-hydrogen) atoms. The molecule has 1 aliphatic carbocycles. The number of hydrogen-bond donors (Lipinski definition) is 1. The summed E-state index contributed by atoms with van der Waals surface area (Å²) in [6, 6.07) is 0.433. The average Bonchev–Trinajstić information content (AvgIpc) is 2.74. The van der Waals surface area contributed by atoms with E-state index < -0.39 is 0 Å². The van der Waals surface area contributed by atoms with Crippen LogP contribution >= 0.6 is 0 Å². The van der Waals surface area contributed by atoms with Crippen molar-refractivity contribution in [3.8, 4) is 0 Å². The van der Waals surface area contributed by atoms with Gasteiger partial charge < -0.3 is 10.6 Å². The maximum atomic E-state index is 12.1. The van der Waals surface area contributed by atoms with Gasteiger partial charge in [0.05, 0.1) is 0 Å². The zero-order valence-corrected chi connectivity index (χ0v) is 9.67. The Morgan fingerprint density at radius 3 is 2.60 bits per heavy atom. The molecule has 1 aliphatic heterocycles. The molecule has 0 spiro atoms. The Morgan fingerprint density at radius 2 is 2.07 bits per heavy atom. The van der Waals surface area contributed by atoms with Crippen LogP contribution in [0.1, 0.15) is 51.9 Å². The molecule has 0 aromatic heterocycles. The molecule has 2 N–H and O–H groups in total. The van der Waals surface area contributed by atoms with Gasteiger partial charge in [0, 0.05) is 24.5 Å². The van der Waals surface area contributed by atoms with E-state index in [1.807, 2.05) is 4.90 Å². The SMILES string of the molecule is CC1CCCN1C(=O)CC1(N)CCCC1. The first-order valence-electron chi connectivity index (χ1n) is 6.19. The third kappa shape index (κ3) is 2.33. The number of rotatable bonds is 2. The molecule has 3 nitrogen and oxygen atoms in total. The highest BCUT2D eigenvalue weighted by Crippen LogP contribution is 2.31. The van der Waals surface area contributed by atoms with Gasteiger partial charge in [0.1, 0.15) is 0 Å². The van der Waals surface area contributed by atoms with Gasteiger partial charge in [-0.3, -0.25) is 4.79 Å². The molecular weight excluding hydrogens is 188 g/mol. The van der Waals surface area contributed by atoms with Crippen molar-refractivity contribution in [3.05, 3.63) is 0 Å². The van der Waals surface area contributed by atoms with Crippen LogP contribution in [-0.4, -0.2) is 28.9 Å². The van der Waals surface area contributed by atoms with Crippen LogP contribution in [0.5, 0.6) is 0 Å². The molecule has 1 amide bonds. The van der Waals surface area contributed by atoms with Crippen molar-refractivity contribution in [3.63, 3.8) is 0 Å². The highest BCUT2D eigenvalue weighted by Gasteiger charge is 2.35. The van der Waals surface area contributed by atoms with Crippen LogP contribution in [0.2, 0.25) is 0 Å². The van der Waals surface area contributed by atoms with E-state index in [1.54, 1.807) is 0 Å². The number of likely N-dealkylation sites (tertiary alicyclic amines) is 1.